The Balaban J connectivity index is 2.82. The SMILES string of the molecule is Cc1ccc(Cl)c(NC(=O)NC(C)C(=O)O)c1Cl. The van der Waals surface area contributed by atoms with Crippen LogP contribution in [0.15, 0.2) is 12.1 Å². The van der Waals surface area contributed by atoms with Crippen molar-refractivity contribution < 1.29 is 14.7 Å². The van der Waals surface area contributed by atoms with E-state index in [0.29, 0.717) is 5.02 Å². The molecule has 0 aromatic heterocycles. The monoisotopic (exact) mass is 290 g/mol. The quantitative estimate of drug-likeness (QED) is 0.801. The van der Waals surface area contributed by atoms with Crippen LogP contribution in [-0.2, 0) is 4.79 Å². The molecular formula is C11H12Cl2N2O3. The first kappa shape index (κ1) is 14.6. The van der Waals surface area contributed by atoms with Crippen molar-refractivity contribution in [3.8, 4) is 0 Å². The third-order valence-electron chi connectivity index (χ3n) is 2.24. The van der Waals surface area contributed by atoms with Gasteiger partial charge in [0.15, 0.2) is 0 Å². The van der Waals surface area contributed by atoms with E-state index in [1.54, 1.807) is 19.1 Å². The second-order valence-electron chi connectivity index (χ2n) is 3.71. The van der Waals surface area contributed by atoms with Crippen molar-refractivity contribution in [3.05, 3.63) is 27.7 Å². The molecular weight excluding hydrogens is 279 g/mol. The fraction of sp³-hybridized carbons (Fsp3) is 0.273. The molecule has 98 valence electrons. The summed E-state index contributed by atoms with van der Waals surface area (Å²) in [7, 11) is 0. The second-order valence-corrected chi connectivity index (χ2v) is 4.50. The van der Waals surface area contributed by atoms with Crippen LogP contribution in [0.2, 0.25) is 10.0 Å². The molecule has 0 aliphatic carbocycles. The molecule has 0 radical (unpaired) electrons. The van der Waals surface area contributed by atoms with Gasteiger partial charge in [0, 0.05) is 0 Å². The van der Waals surface area contributed by atoms with Gasteiger partial charge in [-0.05, 0) is 25.5 Å². The molecule has 2 amide bonds. The summed E-state index contributed by atoms with van der Waals surface area (Å²) in [5, 5.41) is 13.9. The zero-order chi connectivity index (χ0) is 13.9. The summed E-state index contributed by atoms with van der Waals surface area (Å²) in [6.07, 6.45) is 0. The standard InChI is InChI=1S/C11H12Cl2N2O3/c1-5-3-4-7(12)9(8(5)13)15-11(18)14-6(2)10(16)17/h3-4,6H,1-2H3,(H,16,17)(H2,14,15,18). The number of halogens is 2. The molecule has 0 aliphatic rings. The number of amides is 2. The average Bonchev–Trinajstić information content (AvgIpc) is 2.29. The molecule has 0 aliphatic heterocycles. The van der Waals surface area contributed by atoms with Gasteiger partial charge in [-0.15, -0.1) is 0 Å². The number of nitrogens with one attached hydrogen (secondary N) is 2. The van der Waals surface area contributed by atoms with Gasteiger partial charge >= 0.3 is 12.0 Å². The Morgan fingerprint density at radius 3 is 2.50 bits per heavy atom. The van der Waals surface area contributed by atoms with Gasteiger partial charge < -0.3 is 15.7 Å². The van der Waals surface area contributed by atoms with Crippen LogP contribution in [0, 0.1) is 6.92 Å². The highest BCUT2D eigenvalue weighted by Crippen LogP contribution is 2.32. The first-order valence-corrected chi connectivity index (χ1v) is 5.83. The summed E-state index contributed by atoms with van der Waals surface area (Å²) in [6.45, 7) is 3.11. The van der Waals surface area contributed by atoms with Crippen molar-refractivity contribution in [1.29, 1.82) is 0 Å². The maximum Gasteiger partial charge on any atom is 0.325 e. The number of aliphatic carboxylic acids is 1. The number of benzene rings is 1. The Morgan fingerprint density at radius 1 is 1.33 bits per heavy atom. The smallest absolute Gasteiger partial charge is 0.325 e. The Hall–Kier alpha value is -1.46. The third kappa shape index (κ3) is 3.51. The number of hydrogen-bond acceptors (Lipinski definition) is 2. The van der Waals surface area contributed by atoms with Crippen LogP contribution in [0.4, 0.5) is 10.5 Å². The average molecular weight is 291 g/mol. The number of carbonyl (C=O) groups excluding carboxylic acids is 1. The molecule has 0 bridgehead atoms. The molecule has 1 rings (SSSR count). The highest BCUT2D eigenvalue weighted by atomic mass is 35.5. The second kappa shape index (κ2) is 5.93. The van der Waals surface area contributed by atoms with Crippen LogP contribution in [0.25, 0.3) is 0 Å². The van der Waals surface area contributed by atoms with Gasteiger partial charge in [0.25, 0.3) is 0 Å². The van der Waals surface area contributed by atoms with Crippen LogP contribution in [0.5, 0.6) is 0 Å². The van der Waals surface area contributed by atoms with Crippen molar-refractivity contribution in [3.63, 3.8) is 0 Å². The number of hydrogen-bond donors (Lipinski definition) is 3. The summed E-state index contributed by atoms with van der Waals surface area (Å²) in [6, 6.07) is 1.62. The maximum atomic E-state index is 11.5. The third-order valence-corrected chi connectivity index (χ3v) is 3.04. The summed E-state index contributed by atoms with van der Waals surface area (Å²) >= 11 is 11.9. The first-order valence-electron chi connectivity index (χ1n) is 5.08. The summed E-state index contributed by atoms with van der Waals surface area (Å²) in [5.74, 6) is -1.13. The highest BCUT2D eigenvalue weighted by molar-refractivity contribution is 6.40. The Kier molecular flexibility index (Phi) is 4.81. The van der Waals surface area contributed by atoms with Gasteiger partial charge in [0.05, 0.1) is 15.7 Å². The lowest BCUT2D eigenvalue weighted by Crippen LogP contribution is -2.40. The normalized spacial score (nSPS) is 11.8. The Labute approximate surface area is 114 Å². The number of urea groups is 1. The van der Waals surface area contributed by atoms with E-state index in [1.165, 1.54) is 6.92 Å². The lowest BCUT2D eigenvalue weighted by molar-refractivity contribution is -0.138. The van der Waals surface area contributed by atoms with E-state index < -0.39 is 18.0 Å². The van der Waals surface area contributed by atoms with Gasteiger partial charge in [-0.1, -0.05) is 29.3 Å². The fourth-order valence-electron chi connectivity index (χ4n) is 1.18. The van der Waals surface area contributed by atoms with E-state index in [0.717, 1.165) is 5.56 Å². The van der Waals surface area contributed by atoms with E-state index in [4.69, 9.17) is 28.3 Å². The molecule has 1 unspecified atom stereocenters. The van der Waals surface area contributed by atoms with Crippen molar-refractivity contribution in [2.45, 2.75) is 19.9 Å². The number of carbonyl (C=O) groups is 2. The number of rotatable bonds is 3. The minimum atomic E-state index is -1.13. The number of carboxylic acid groups (broad SMARTS) is 1. The molecule has 0 heterocycles. The molecule has 0 saturated carbocycles. The first-order chi connectivity index (χ1) is 8.32. The van der Waals surface area contributed by atoms with Gasteiger partial charge in [0.1, 0.15) is 6.04 Å². The highest BCUT2D eigenvalue weighted by Gasteiger charge is 2.16. The van der Waals surface area contributed by atoms with Crippen molar-refractivity contribution in [2.75, 3.05) is 5.32 Å². The van der Waals surface area contributed by atoms with Gasteiger partial charge in [-0.2, -0.15) is 0 Å². The molecule has 0 spiro atoms. The zero-order valence-electron chi connectivity index (χ0n) is 9.75. The van der Waals surface area contributed by atoms with Crippen molar-refractivity contribution in [1.82, 2.24) is 5.32 Å². The van der Waals surface area contributed by atoms with Crippen LogP contribution in [-0.4, -0.2) is 23.1 Å². The largest absolute Gasteiger partial charge is 0.480 e. The van der Waals surface area contributed by atoms with Gasteiger partial charge in [-0.3, -0.25) is 4.79 Å². The Bertz CT molecular complexity index is 491. The molecule has 1 aromatic carbocycles. The molecule has 0 fully saturated rings. The van der Waals surface area contributed by atoms with Gasteiger partial charge in [-0.25, -0.2) is 4.79 Å². The predicted octanol–water partition coefficient (Wildman–Crippen LogP) is 2.90. The lowest BCUT2D eigenvalue weighted by atomic mass is 10.2. The summed E-state index contributed by atoms with van der Waals surface area (Å²) in [4.78, 5) is 22.1. The van der Waals surface area contributed by atoms with Gasteiger partial charge in [0.2, 0.25) is 0 Å². The molecule has 5 nitrogen and oxygen atoms in total. The molecule has 3 N–H and O–H groups in total. The van der Waals surface area contributed by atoms with E-state index >= 15 is 0 Å². The minimum absolute atomic E-state index is 0.258. The molecule has 18 heavy (non-hydrogen) atoms. The number of aryl methyl sites for hydroxylation is 1. The zero-order valence-corrected chi connectivity index (χ0v) is 11.3. The summed E-state index contributed by atoms with van der Waals surface area (Å²) in [5.41, 5.74) is 1.01. The molecule has 7 heteroatoms. The molecule has 1 aromatic rings. The summed E-state index contributed by atoms with van der Waals surface area (Å²) < 4.78 is 0. The molecule has 0 saturated heterocycles. The van der Waals surface area contributed by atoms with E-state index in [-0.39, 0.29) is 10.7 Å². The van der Waals surface area contributed by atoms with E-state index in [9.17, 15) is 9.59 Å². The van der Waals surface area contributed by atoms with E-state index in [1.807, 2.05) is 0 Å². The maximum absolute atomic E-state index is 11.5. The van der Waals surface area contributed by atoms with Crippen molar-refractivity contribution >= 4 is 40.9 Å². The lowest BCUT2D eigenvalue weighted by Gasteiger charge is -2.13. The van der Waals surface area contributed by atoms with Crippen molar-refractivity contribution in [2.24, 2.45) is 0 Å². The fourth-order valence-corrected chi connectivity index (χ4v) is 1.64. The van der Waals surface area contributed by atoms with E-state index in [2.05, 4.69) is 10.6 Å². The minimum Gasteiger partial charge on any atom is -0.480 e. The topological polar surface area (TPSA) is 78.4 Å². The predicted molar refractivity (Wildman–Crippen MR) is 70.5 cm³/mol. The van der Waals surface area contributed by atoms with Crippen LogP contribution < -0.4 is 10.6 Å². The molecule has 1 atom stereocenters. The van der Waals surface area contributed by atoms with Crippen LogP contribution in [0.3, 0.4) is 0 Å². The van der Waals surface area contributed by atoms with Crippen LogP contribution >= 0.6 is 23.2 Å². The number of carboxylic acids is 1. The Morgan fingerprint density at radius 2 is 1.94 bits per heavy atom. The van der Waals surface area contributed by atoms with Crippen LogP contribution in [0.1, 0.15) is 12.5 Å². The number of anilines is 1.